The number of amides is 1. The molecule has 1 fully saturated rings. The van der Waals surface area contributed by atoms with Crippen LogP contribution in [0.1, 0.15) is 277 Å². The maximum Gasteiger partial charge on any atom is 0.305 e. The van der Waals surface area contributed by atoms with Crippen molar-refractivity contribution in [2.75, 3.05) is 19.8 Å². The van der Waals surface area contributed by atoms with E-state index in [1.54, 1.807) is 6.08 Å². The Bertz CT molecular complexity index is 1220. The van der Waals surface area contributed by atoms with Gasteiger partial charge in [-0.1, -0.05) is 231 Å². The monoisotopic (exact) mass is 994 g/mol. The Kier molecular flexibility index (Phi) is 46.6. The van der Waals surface area contributed by atoms with E-state index in [1.165, 1.54) is 173 Å². The van der Waals surface area contributed by atoms with E-state index in [-0.39, 0.29) is 18.5 Å². The Morgan fingerprint density at radius 2 is 0.914 bits per heavy atom. The van der Waals surface area contributed by atoms with Crippen molar-refractivity contribution in [3.63, 3.8) is 0 Å². The van der Waals surface area contributed by atoms with Gasteiger partial charge >= 0.3 is 5.97 Å². The molecule has 0 saturated carbocycles. The zero-order valence-electron chi connectivity index (χ0n) is 45.2. The summed E-state index contributed by atoms with van der Waals surface area (Å²) in [6.45, 7) is 4.31. The molecule has 6 N–H and O–H groups in total. The van der Waals surface area contributed by atoms with Gasteiger partial charge in [-0.05, 0) is 57.8 Å². The number of hydrogen-bond acceptors (Lipinski definition) is 10. The Morgan fingerprint density at radius 3 is 1.37 bits per heavy atom. The maximum absolute atomic E-state index is 13.0. The molecule has 0 spiro atoms. The lowest BCUT2D eigenvalue weighted by Crippen LogP contribution is -2.60. The lowest BCUT2D eigenvalue weighted by molar-refractivity contribution is -0.302. The van der Waals surface area contributed by atoms with Crippen LogP contribution in [0.2, 0.25) is 0 Å². The molecule has 1 rings (SSSR count). The molecule has 1 heterocycles. The number of hydrogen-bond donors (Lipinski definition) is 6. The standard InChI is InChI=1S/C59H111NO10/c1-3-5-7-9-11-13-14-27-31-35-39-43-47-55(64)68-48-44-40-36-32-28-25-23-21-19-17-15-16-18-20-22-24-26-30-34-38-42-46-54(63)60-51(52(62)45-41-37-33-29-12-10-8-6-4-2)50-69-59-58(67)57(66)56(65)53(49-61)70-59/h16,18,41,45,51-53,56-59,61-62,65-67H,3-15,17,19-40,42-44,46-50H2,1-2H3,(H,60,63)/b18-16-,45-41+. The minimum Gasteiger partial charge on any atom is -0.466 e. The fraction of sp³-hybridized carbons (Fsp3) is 0.898. The summed E-state index contributed by atoms with van der Waals surface area (Å²) < 4.78 is 16.7. The highest BCUT2D eigenvalue weighted by Crippen LogP contribution is 2.23. The molecule has 70 heavy (non-hydrogen) atoms. The number of aliphatic hydroxyl groups excluding tert-OH is 5. The summed E-state index contributed by atoms with van der Waals surface area (Å²) >= 11 is 0. The van der Waals surface area contributed by atoms with E-state index in [4.69, 9.17) is 14.2 Å². The molecule has 11 heteroatoms. The highest BCUT2D eigenvalue weighted by atomic mass is 16.7. The summed E-state index contributed by atoms with van der Waals surface area (Å²) in [5, 5.41) is 54.2. The predicted molar refractivity (Wildman–Crippen MR) is 288 cm³/mol. The minimum absolute atomic E-state index is 0.00439. The van der Waals surface area contributed by atoms with Crippen molar-refractivity contribution in [3.05, 3.63) is 24.3 Å². The van der Waals surface area contributed by atoms with Gasteiger partial charge in [0, 0.05) is 12.8 Å². The molecule has 7 atom stereocenters. The van der Waals surface area contributed by atoms with E-state index in [9.17, 15) is 35.1 Å². The van der Waals surface area contributed by atoms with Crippen molar-refractivity contribution >= 4 is 11.9 Å². The fourth-order valence-electron chi connectivity index (χ4n) is 9.31. The quantitative estimate of drug-likeness (QED) is 0.0195. The van der Waals surface area contributed by atoms with Crippen LogP contribution in [0.25, 0.3) is 0 Å². The first-order valence-corrected chi connectivity index (χ1v) is 29.6. The van der Waals surface area contributed by atoms with Crippen LogP contribution in [0.15, 0.2) is 24.3 Å². The minimum atomic E-state index is -1.57. The summed E-state index contributed by atoms with van der Waals surface area (Å²) in [5.74, 6) is -0.196. The van der Waals surface area contributed by atoms with Gasteiger partial charge in [0.2, 0.25) is 5.91 Å². The van der Waals surface area contributed by atoms with E-state index >= 15 is 0 Å². The Morgan fingerprint density at radius 1 is 0.514 bits per heavy atom. The molecule has 1 aliphatic heterocycles. The third-order valence-electron chi connectivity index (χ3n) is 14.1. The number of nitrogens with one attached hydrogen (secondary N) is 1. The average Bonchev–Trinajstić information content (AvgIpc) is 3.36. The number of unbranched alkanes of at least 4 members (excludes halogenated alkanes) is 35. The zero-order chi connectivity index (χ0) is 51.0. The second kappa shape index (κ2) is 49.4. The summed E-state index contributed by atoms with van der Waals surface area (Å²) in [6.07, 6.45) is 48.5. The number of rotatable bonds is 51. The lowest BCUT2D eigenvalue weighted by atomic mass is 9.99. The first-order chi connectivity index (χ1) is 34.2. The predicted octanol–water partition coefficient (Wildman–Crippen LogP) is 13.3. The van der Waals surface area contributed by atoms with E-state index in [0.29, 0.717) is 19.4 Å². The highest BCUT2D eigenvalue weighted by Gasteiger charge is 2.44. The van der Waals surface area contributed by atoms with Crippen LogP contribution < -0.4 is 5.32 Å². The van der Waals surface area contributed by atoms with Gasteiger partial charge in [-0.2, -0.15) is 0 Å². The topological polar surface area (TPSA) is 175 Å². The van der Waals surface area contributed by atoms with Crippen LogP contribution in [-0.2, 0) is 23.8 Å². The molecule has 0 aliphatic carbocycles. The Labute approximate surface area is 429 Å². The van der Waals surface area contributed by atoms with Crippen molar-refractivity contribution in [2.24, 2.45) is 0 Å². The van der Waals surface area contributed by atoms with E-state index in [1.807, 2.05) is 6.08 Å². The van der Waals surface area contributed by atoms with Crippen molar-refractivity contribution < 1.29 is 49.3 Å². The summed E-state index contributed by atoms with van der Waals surface area (Å²) in [5.41, 5.74) is 0. The van der Waals surface area contributed by atoms with Gasteiger partial charge < -0.3 is 45.1 Å². The number of ether oxygens (including phenoxy) is 3. The third kappa shape index (κ3) is 38.7. The van der Waals surface area contributed by atoms with Crippen LogP contribution in [0, 0.1) is 0 Å². The third-order valence-corrected chi connectivity index (χ3v) is 14.1. The second-order valence-electron chi connectivity index (χ2n) is 20.7. The second-order valence-corrected chi connectivity index (χ2v) is 20.7. The number of carbonyl (C=O) groups is 2. The summed E-state index contributed by atoms with van der Waals surface area (Å²) in [4.78, 5) is 25.0. The average molecular weight is 995 g/mol. The van der Waals surface area contributed by atoms with Gasteiger partial charge in [0.05, 0.1) is 32.0 Å². The van der Waals surface area contributed by atoms with Crippen molar-refractivity contribution in [1.82, 2.24) is 5.32 Å². The lowest BCUT2D eigenvalue weighted by Gasteiger charge is -2.40. The number of esters is 1. The normalized spacial score (nSPS) is 19.3. The first-order valence-electron chi connectivity index (χ1n) is 29.6. The van der Waals surface area contributed by atoms with Gasteiger partial charge in [-0.3, -0.25) is 9.59 Å². The van der Waals surface area contributed by atoms with Crippen LogP contribution in [0.3, 0.4) is 0 Å². The smallest absolute Gasteiger partial charge is 0.305 e. The van der Waals surface area contributed by atoms with Crippen LogP contribution in [0.5, 0.6) is 0 Å². The Balaban J connectivity index is 2.03. The molecule has 0 aromatic carbocycles. The number of carbonyl (C=O) groups excluding carboxylic acids is 2. The molecular formula is C59H111NO10. The van der Waals surface area contributed by atoms with Crippen LogP contribution in [-0.4, -0.2) is 100 Å². The SMILES string of the molecule is CCCCCCCCC/C=C/C(O)C(COC1OC(CO)C(O)C(O)C1O)NC(=O)CCCCCCCCC/C=C\CCCCCCCCCCCCOC(=O)CCCCCCCCCCCCCC. The molecule has 0 aromatic heterocycles. The molecule has 412 valence electrons. The molecule has 7 unspecified atom stereocenters. The van der Waals surface area contributed by atoms with Gasteiger partial charge in [0.1, 0.15) is 24.4 Å². The van der Waals surface area contributed by atoms with Crippen LogP contribution in [0.4, 0.5) is 0 Å². The molecule has 1 amide bonds. The van der Waals surface area contributed by atoms with Gasteiger partial charge in [0.25, 0.3) is 0 Å². The number of allylic oxidation sites excluding steroid dienone is 3. The molecule has 11 nitrogen and oxygen atoms in total. The zero-order valence-corrected chi connectivity index (χ0v) is 45.2. The van der Waals surface area contributed by atoms with Crippen LogP contribution >= 0.6 is 0 Å². The van der Waals surface area contributed by atoms with Gasteiger partial charge in [-0.25, -0.2) is 0 Å². The first kappa shape index (κ1) is 66.2. The van der Waals surface area contributed by atoms with Crippen molar-refractivity contribution in [3.8, 4) is 0 Å². The molecule has 1 saturated heterocycles. The molecular weight excluding hydrogens is 883 g/mol. The Hall–Kier alpha value is -1.86. The summed E-state index contributed by atoms with van der Waals surface area (Å²) in [7, 11) is 0. The molecule has 1 aliphatic rings. The largest absolute Gasteiger partial charge is 0.466 e. The van der Waals surface area contributed by atoms with E-state index < -0.39 is 49.5 Å². The van der Waals surface area contributed by atoms with E-state index in [0.717, 1.165) is 77.0 Å². The van der Waals surface area contributed by atoms with Gasteiger partial charge in [-0.15, -0.1) is 0 Å². The summed E-state index contributed by atoms with van der Waals surface area (Å²) in [6, 6.07) is -0.813. The van der Waals surface area contributed by atoms with Gasteiger partial charge in [0.15, 0.2) is 6.29 Å². The van der Waals surface area contributed by atoms with Crippen molar-refractivity contribution in [2.45, 2.75) is 320 Å². The number of aliphatic hydroxyl groups is 5. The fourth-order valence-corrected chi connectivity index (χ4v) is 9.31. The molecule has 0 radical (unpaired) electrons. The highest BCUT2D eigenvalue weighted by molar-refractivity contribution is 5.76. The maximum atomic E-state index is 13.0. The molecule has 0 bridgehead atoms. The van der Waals surface area contributed by atoms with Crippen molar-refractivity contribution in [1.29, 1.82) is 0 Å². The molecule has 0 aromatic rings. The van der Waals surface area contributed by atoms with E-state index in [2.05, 4.69) is 31.3 Å².